The summed E-state index contributed by atoms with van der Waals surface area (Å²) in [6.45, 7) is 1.51. The fourth-order valence-electron chi connectivity index (χ4n) is 3.24. The number of ether oxygens (including phenoxy) is 1. The number of nitriles is 1. The number of hydrogen-bond acceptors (Lipinski definition) is 5. The lowest BCUT2D eigenvalue weighted by Gasteiger charge is -2.27. The molecule has 3 heterocycles. The van der Waals surface area contributed by atoms with Crippen LogP contribution in [0.25, 0.3) is 16.5 Å². The van der Waals surface area contributed by atoms with E-state index in [0.29, 0.717) is 18.1 Å². The van der Waals surface area contributed by atoms with Crippen LogP contribution in [0.4, 0.5) is 5.82 Å². The van der Waals surface area contributed by atoms with Crippen molar-refractivity contribution in [3.63, 3.8) is 0 Å². The average Bonchev–Trinajstić information content (AvgIpc) is 3.11. The maximum absolute atomic E-state index is 9.21. The molecule has 1 N–H and O–H groups in total. The quantitative estimate of drug-likeness (QED) is 0.798. The number of anilines is 1. The summed E-state index contributed by atoms with van der Waals surface area (Å²) in [5.74, 6) is 1.51. The second-order valence-corrected chi connectivity index (χ2v) is 5.88. The number of methoxy groups -OCH3 is 1. The highest BCUT2D eigenvalue weighted by Gasteiger charge is 2.19. The van der Waals surface area contributed by atoms with E-state index in [4.69, 9.17) is 4.74 Å². The van der Waals surface area contributed by atoms with Gasteiger partial charge in [0.1, 0.15) is 11.8 Å². The zero-order valence-corrected chi connectivity index (χ0v) is 13.9. The van der Waals surface area contributed by atoms with E-state index in [1.807, 2.05) is 12.1 Å². The second-order valence-electron chi connectivity index (χ2n) is 5.88. The number of hydrogen-bond donors (Lipinski definition) is 1. The molecule has 0 aliphatic carbocycles. The van der Waals surface area contributed by atoms with Gasteiger partial charge < -0.3 is 14.6 Å². The molecule has 6 nitrogen and oxygen atoms in total. The van der Waals surface area contributed by atoms with E-state index in [-0.39, 0.29) is 0 Å². The normalized spacial score (nSPS) is 14.2. The monoisotopic (exact) mass is 331 g/mol. The topological polar surface area (TPSA) is 77.8 Å². The van der Waals surface area contributed by atoms with Gasteiger partial charge in [0.05, 0.1) is 7.11 Å². The van der Waals surface area contributed by atoms with Crippen LogP contribution in [0.1, 0.15) is 17.7 Å². The Balaban J connectivity index is 1.64. The smallest absolute Gasteiger partial charge is 0.183 e. The lowest BCUT2D eigenvalue weighted by atomic mass is 9.98. The van der Waals surface area contributed by atoms with Crippen LogP contribution in [0.3, 0.4) is 0 Å². The highest BCUT2D eigenvalue weighted by atomic mass is 16.5. The average molecular weight is 331 g/mol. The Kier molecular flexibility index (Phi) is 3.82. The molecule has 1 aliphatic heterocycles. The minimum absolute atomic E-state index is 0.371. The number of fused-ring (bicyclic) bond motifs is 1. The van der Waals surface area contributed by atoms with Crippen LogP contribution in [-0.4, -0.2) is 35.2 Å². The van der Waals surface area contributed by atoms with Gasteiger partial charge in [0.2, 0.25) is 0 Å². The molecular weight excluding hydrogens is 314 g/mol. The summed E-state index contributed by atoms with van der Waals surface area (Å²) >= 11 is 0. The van der Waals surface area contributed by atoms with Gasteiger partial charge in [-0.3, -0.25) is 0 Å². The summed E-state index contributed by atoms with van der Waals surface area (Å²) in [7, 11) is 1.68. The van der Waals surface area contributed by atoms with Crippen molar-refractivity contribution >= 4 is 22.3 Å². The Morgan fingerprint density at radius 2 is 2.16 bits per heavy atom. The highest BCUT2D eigenvalue weighted by molar-refractivity contribution is 5.93. The first-order valence-electron chi connectivity index (χ1n) is 8.10. The molecule has 0 radical (unpaired) electrons. The van der Waals surface area contributed by atoms with Crippen LogP contribution in [0.15, 0.2) is 42.9 Å². The first-order valence-corrected chi connectivity index (χ1v) is 8.10. The molecule has 0 saturated heterocycles. The molecule has 0 bridgehead atoms. The van der Waals surface area contributed by atoms with Gasteiger partial charge in [0.15, 0.2) is 11.5 Å². The van der Waals surface area contributed by atoms with E-state index in [9.17, 15) is 5.26 Å². The highest BCUT2D eigenvalue weighted by Crippen LogP contribution is 2.32. The number of rotatable bonds is 3. The van der Waals surface area contributed by atoms with Crippen molar-refractivity contribution in [2.24, 2.45) is 0 Å². The number of H-pyrrole nitrogens is 1. The number of aromatic nitrogens is 3. The van der Waals surface area contributed by atoms with Gasteiger partial charge in [-0.15, -0.1) is 0 Å². The molecule has 0 atom stereocenters. The third kappa shape index (κ3) is 2.70. The summed E-state index contributed by atoms with van der Waals surface area (Å²) in [5, 5.41) is 10.4. The number of nitrogens with zero attached hydrogens (tertiary/aromatic N) is 4. The number of benzene rings is 1. The molecule has 25 heavy (non-hydrogen) atoms. The van der Waals surface area contributed by atoms with Crippen molar-refractivity contribution in [1.29, 1.82) is 5.26 Å². The van der Waals surface area contributed by atoms with Crippen LogP contribution in [0, 0.1) is 11.3 Å². The molecule has 0 unspecified atom stereocenters. The molecule has 6 heteroatoms. The van der Waals surface area contributed by atoms with Gasteiger partial charge in [-0.1, -0.05) is 6.08 Å². The lowest BCUT2D eigenvalue weighted by Crippen LogP contribution is -2.30. The van der Waals surface area contributed by atoms with Gasteiger partial charge in [-0.05, 0) is 30.2 Å². The van der Waals surface area contributed by atoms with Crippen molar-refractivity contribution in [2.75, 3.05) is 25.1 Å². The fraction of sp³-hybridized carbons (Fsp3) is 0.211. The Bertz CT molecular complexity index is 998. The molecule has 3 aromatic rings. The van der Waals surface area contributed by atoms with Gasteiger partial charge in [-0.25, -0.2) is 9.97 Å². The molecule has 4 rings (SSSR count). The SMILES string of the molecule is COc1ccc2[nH]cc(C3=CCN(c4nccnc4C#N)CC3)c2c1. The molecule has 0 fully saturated rings. The van der Waals surface area contributed by atoms with Crippen molar-refractivity contribution in [2.45, 2.75) is 6.42 Å². The second kappa shape index (κ2) is 6.29. The predicted octanol–water partition coefficient (Wildman–Crippen LogP) is 3.13. The van der Waals surface area contributed by atoms with Crippen LogP contribution in [0.5, 0.6) is 5.75 Å². The molecule has 0 saturated carbocycles. The van der Waals surface area contributed by atoms with E-state index in [0.717, 1.165) is 29.6 Å². The van der Waals surface area contributed by atoms with E-state index >= 15 is 0 Å². The van der Waals surface area contributed by atoms with Crippen molar-refractivity contribution in [3.8, 4) is 11.8 Å². The molecule has 0 spiro atoms. The van der Waals surface area contributed by atoms with Crippen LogP contribution < -0.4 is 9.64 Å². The molecular formula is C19H17N5O. The van der Waals surface area contributed by atoms with Gasteiger partial charge in [0, 0.05) is 48.1 Å². The fourth-order valence-corrected chi connectivity index (χ4v) is 3.24. The Morgan fingerprint density at radius 1 is 1.28 bits per heavy atom. The Morgan fingerprint density at radius 3 is 2.92 bits per heavy atom. The van der Waals surface area contributed by atoms with Crippen molar-refractivity contribution in [3.05, 3.63) is 54.1 Å². The molecule has 1 aromatic carbocycles. The van der Waals surface area contributed by atoms with Crippen molar-refractivity contribution in [1.82, 2.24) is 15.0 Å². The van der Waals surface area contributed by atoms with Crippen LogP contribution >= 0.6 is 0 Å². The van der Waals surface area contributed by atoms with Crippen LogP contribution in [-0.2, 0) is 0 Å². The third-order valence-electron chi connectivity index (χ3n) is 4.53. The standard InChI is InChI=1S/C19H17N5O/c1-25-14-2-3-17-15(10-14)16(12-23-17)13-4-8-24(9-5-13)19-18(11-20)21-6-7-22-19/h2-4,6-7,10,12,23H,5,8-9H2,1H3. The summed E-state index contributed by atoms with van der Waals surface area (Å²) in [5.41, 5.74) is 3.96. The van der Waals surface area contributed by atoms with E-state index < -0.39 is 0 Å². The van der Waals surface area contributed by atoms with Crippen LogP contribution in [0.2, 0.25) is 0 Å². The van der Waals surface area contributed by atoms with Gasteiger partial charge >= 0.3 is 0 Å². The minimum atomic E-state index is 0.371. The predicted molar refractivity (Wildman–Crippen MR) is 96.4 cm³/mol. The van der Waals surface area contributed by atoms with E-state index in [2.05, 4.69) is 44.3 Å². The summed E-state index contributed by atoms with van der Waals surface area (Å²) in [6.07, 6.45) is 8.30. The Labute approximate surface area is 145 Å². The molecule has 0 amide bonds. The lowest BCUT2D eigenvalue weighted by molar-refractivity contribution is 0.415. The Hall–Kier alpha value is -3.33. The van der Waals surface area contributed by atoms with E-state index in [1.165, 1.54) is 11.1 Å². The van der Waals surface area contributed by atoms with E-state index in [1.54, 1.807) is 19.5 Å². The maximum atomic E-state index is 9.21. The zero-order chi connectivity index (χ0) is 17.2. The minimum Gasteiger partial charge on any atom is -0.497 e. The largest absolute Gasteiger partial charge is 0.497 e. The number of aromatic amines is 1. The zero-order valence-electron chi connectivity index (χ0n) is 13.9. The summed E-state index contributed by atoms with van der Waals surface area (Å²) < 4.78 is 5.35. The van der Waals surface area contributed by atoms with Crippen molar-refractivity contribution < 1.29 is 4.74 Å². The summed E-state index contributed by atoms with van der Waals surface area (Å²) in [6, 6.07) is 8.16. The first kappa shape index (κ1) is 15.2. The van der Waals surface area contributed by atoms with Gasteiger partial charge in [0.25, 0.3) is 0 Å². The maximum Gasteiger partial charge on any atom is 0.183 e. The molecule has 124 valence electrons. The summed E-state index contributed by atoms with van der Waals surface area (Å²) in [4.78, 5) is 13.8. The number of nitrogens with one attached hydrogen (secondary N) is 1. The molecule has 1 aliphatic rings. The first-order chi connectivity index (χ1) is 12.3. The third-order valence-corrected chi connectivity index (χ3v) is 4.53. The van der Waals surface area contributed by atoms with Gasteiger partial charge in [-0.2, -0.15) is 5.26 Å². The molecule has 2 aromatic heterocycles.